The van der Waals surface area contributed by atoms with Crippen LogP contribution in [0.5, 0.6) is 0 Å². The summed E-state index contributed by atoms with van der Waals surface area (Å²) in [5.74, 6) is -0.638. The molecule has 0 aromatic heterocycles. The lowest BCUT2D eigenvalue weighted by atomic mass is 9.96. The van der Waals surface area contributed by atoms with Gasteiger partial charge in [0.1, 0.15) is 11.6 Å². The minimum atomic E-state index is -1.11. The molecular weight excluding hydrogens is 332 g/mol. The molecule has 0 aliphatic carbocycles. The van der Waals surface area contributed by atoms with Gasteiger partial charge in [-0.05, 0) is 52.4 Å². The highest BCUT2D eigenvalue weighted by Gasteiger charge is 2.40. The fourth-order valence-corrected chi connectivity index (χ4v) is 3.64. The molecule has 2 rings (SSSR count). The molecule has 2 amide bonds. The number of hydrogen-bond acceptors (Lipinski definition) is 4. The predicted molar refractivity (Wildman–Crippen MR) is 99.4 cm³/mol. The first kappa shape index (κ1) is 20.5. The molecule has 0 bridgehead atoms. The Morgan fingerprint density at radius 2 is 2.00 bits per heavy atom. The number of carbonyl (C=O) groups is 3. The molecule has 2 aliphatic heterocycles. The first-order valence-corrected chi connectivity index (χ1v) is 9.91. The quantitative estimate of drug-likeness (QED) is 0.604. The summed E-state index contributed by atoms with van der Waals surface area (Å²) < 4.78 is 5.19. The van der Waals surface area contributed by atoms with Gasteiger partial charge in [-0.1, -0.05) is 25.0 Å². The van der Waals surface area contributed by atoms with Crippen molar-refractivity contribution in [2.45, 2.75) is 83.2 Å². The van der Waals surface area contributed by atoms with Gasteiger partial charge in [0.15, 0.2) is 0 Å². The lowest BCUT2D eigenvalue weighted by Gasteiger charge is -2.31. The minimum absolute atomic E-state index is 0.0495. The molecular formula is C20H32N2O4. The van der Waals surface area contributed by atoms with Crippen LogP contribution in [0.3, 0.4) is 0 Å². The normalized spacial score (nSPS) is 29.9. The Balaban J connectivity index is 2.19. The van der Waals surface area contributed by atoms with Crippen LogP contribution in [0.4, 0.5) is 0 Å². The maximum atomic E-state index is 12.9. The van der Waals surface area contributed by atoms with Crippen LogP contribution in [0.25, 0.3) is 0 Å². The first-order valence-electron chi connectivity index (χ1n) is 9.91. The Morgan fingerprint density at radius 3 is 2.77 bits per heavy atom. The SMILES string of the molecule is CCOC(=O)[C@@]1(C)C/C=C\CCCCCCC(=O)N2CCCC2C(=O)N1. The fourth-order valence-electron chi connectivity index (χ4n) is 3.64. The van der Waals surface area contributed by atoms with E-state index in [0.717, 1.165) is 38.5 Å². The van der Waals surface area contributed by atoms with Crippen LogP contribution in [-0.4, -0.2) is 47.4 Å². The molecule has 2 atom stereocenters. The van der Waals surface area contributed by atoms with Crippen molar-refractivity contribution in [3.63, 3.8) is 0 Å². The second-order valence-electron chi connectivity index (χ2n) is 7.42. The summed E-state index contributed by atoms with van der Waals surface area (Å²) in [5.41, 5.74) is -1.11. The summed E-state index contributed by atoms with van der Waals surface area (Å²) in [7, 11) is 0. The molecule has 1 fully saturated rings. The molecule has 146 valence electrons. The van der Waals surface area contributed by atoms with Crippen molar-refractivity contribution in [1.82, 2.24) is 10.2 Å². The van der Waals surface area contributed by atoms with E-state index in [1.807, 2.05) is 6.08 Å². The Bertz CT molecular complexity index is 546. The number of hydrogen-bond donors (Lipinski definition) is 1. The van der Waals surface area contributed by atoms with E-state index in [1.165, 1.54) is 0 Å². The van der Waals surface area contributed by atoms with Crippen LogP contribution >= 0.6 is 0 Å². The standard InChI is InChI=1S/C20H32N2O4/c1-3-26-19(25)20(2)14-10-8-6-4-5-7-9-13-17(23)22-15-11-12-16(22)18(24)21-20/h8,10,16H,3-7,9,11-15H2,1-2H3,(H,21,24)/b10-8-/t16?,20-/m1/s1. The van der Waals surface area contributed by atoms with E-state index in [4.69, 9.17) is 4.74 Å². The molecule has 2 heterocycles. The zero-order valence-electron chi connectivity index (χ0n) is 16.1. The van der Waals surface area contributed by atoms with Gasteiger partial charge in [-0.15, -0.1) is 0 Å². The highest BCUT2D eigenvalue weighted by Crippen LogP contribution is 2.22. The van der Waals surface area contributed by atoms with Gasteiger partial charge in [-0.3, -0.25) is 9.59 Å². The Kier molecular flexibility index (Phi) is 7.66. The number of rotatable bonds is 2. The van der Waals surface area contributed by atoms with E-state index >= 15 is 0 Å². The largest absolute Gasteiger partial charge is 0.464 e. The molecule has 26 heavy (non-hydrogen) atoms. The minimum Gasteiger partial charge on any atom is -0.464 e. The van der Waals surface area contributed by atoms with Crippen LogP contribution in [0.1, 0.15) is 71.6 Å². The maximum absolute atomic E-state index is 12.9. The third-order valence-corrected chi connectivity index (χ3v) is 5.21. The van der Waals surface area contributed by atoms with Crippen molar-refractivity contribution in [1.29, 1.82) is 0 Å². The van der Waals surface area contributed by atoms with E-state index in [9.17, 15) is 14.4 Å². The molecule has 0 aromatic carbocycles. The second-order valence-corrected chi connectivity index (χ2v) is 7.42. The Hall–Kier alpha value is -1.85. The maximum Gasteiger partial charge on any atom is 0.331 e. The van der Waals surface area contributed by atoms with Gasteiger partial charge in [0.2, 0.25) is 11.8 Å². The van der Waals surface area contributed by atoms with Crippen molar-refractivity contribution in [2.24, 2.45) is 0 Å². The number of esters is 1. The lowest BCUT2D eigenvalue weighted by molar-refractivity contribution is -0.153. The van der Waals surface area contributed by atoms with E-state index in [-0.39, 0.29) is 18.4 Å². The van der Waals surface area contributed by atoms with Gasteiger partial charge in [-0.2, -0.15) is 0 Å². The second kappa shape index (κ2) is 9.74. The highest BCUT2D eigenvalue weighted by molar-refractivity contribution is 5.93. The van der Waals surface area contributed by atoms with Crippen LogP contribution in [0, 0.1) is 0 Å². The predicted octanol–water partition coefficient (Wildman–Crippen LogP) is 2.72. The summed E-state index contributed by atoms with van der Waals surface area (Å²) in [6, 6.07) is -0.481. The molecule has 1 unspecified atom stereocenters. The van der Waals surface area contributed by atoms with Gasteiger partial charge >= 0.3 is 5.97 Å². The monoisotopic (exact) mass is 364 g/mol. The van der Waals surface area contributed by atoms with E-state index in [2.05, 4.69) is 11.4 Å². The fraction of sp³-hybridized carbons (Fsp3) is 0.750. The number of amides is 2. The van der Waals surface area contributed by atoms with Crippen molar-refractivity contribution < 1.29 is 19.1 Å². The van der Waals surface area contributed by atoms with Crippen molar-refractivity contribution in [2.75, 3.05) is 13.2 Å². The van der Waals surface area contributed by atoms with Crippen LogP contribution < -0.4 is 5.32 Å². The lowest BCUT2D eigenvalue weighted by Crippen LogP contribution is -2.57. The van der Waals surface area contributed by atoms with Crippen LogP contribution in [0.2, 0.25) is 0 Å². The van der Waals surface area contributed by atoms with E-state index in [1.54, 1.807) is 18.7 Å². The van der Waals surface area contributed by atoms with Gasteiger partial charge in [0.25, 0.3) is 0 Å². The van der Waals surface area contributed by atoms with Gasteiger partial charge in [-0.25, -0.2) is 4.79 Å². The highest BCUT2D eigenvalue weighted by atomic mass is 16.5. The zero-order valence-corrected chi connectivity index (χ0v) is 16.1. The van der Waals surface area contributed by atoms with Gasteiger partial charge < -0.3 is 15.0 Å². The summed E-state index contributed by atoms with van der Waals surface area (Å²) in [6.07, 6.45) is 11.4. The number of nitrogens with zero attached hydrogens (tertiary/aromatic N) is 1. The number of carbonyl (C=O) groups excluding carboxylic acids is 3. The Labute approximate surface area is 156 Å². The van der Waals surface area contributed by atoms with Gasteiger partial charge in [0, 0.05) is 13.0 Å². The molecule has 2 aliphatic rings. The molecule has 6 heteroatoms. The van der Waals surface area contributed by atoms with Crippen molar-refractivity contribution in [3.8, 4) is 0 Å². The van der Waals surface area contributed by atoms with E-state index in [0.29, 0.717) is 25.8 Å². The molecule has 0 radical (unpaired) electrons. The Morgan fingerprint density at radius 1 is 1.23 bits per heavy atom. The molecule has 1 N–H and O–H groups in total. The number of allylic oxidation sites excluding steroid dienone is 1. The summed E-state index contributed by atoms with van der Waals surface area (Å²) in [4.78, 5) is 39.5. The topological polar surface area (TPSA) is 75.7 Å². The average molecular weight is 364 g/mol. The number of nitrogens with one attached hydrogen (secondary N) is 1. The van der Waals surface area contributed by atoms with E-state index < -0.39 is 17.6 Å². The number of fused-ring (bicyclic) bond motifs is 1. The summed E-state index contributed by atoms with van der Waals surface area (Å²) in [5, 5.41) is 2.88. The molecule has 0 spiro atoms. The van der Waals surface area contributed by atoms with Crippen molar-refractivity contribution >= 4 is 17.8 Å². The third kappa shape index (κ3) is 5.32. The molecule has 1 saturated heterocycles. The molecule has 0 aromatic rings. The molecule has 0 saturated carbocycles. The van der Waals surface area contributed by atoms with Crippen molar-refractivity contribution in [3.05, 3.63) is 12.2 Å². The van der Waals surface area contributed by atoms with Gasteiger partial charge in [0.05, 0.1) is 6.61 Å². The summed E-state index contributed by atoms with van der Waals surface area (Å²) in [6.45, 7) is 4.34. The zero-order chi connectivity index (χ0) is 19.0. The molecule has 6 nitrogen and oxygen atoms in total. The number of ether oxygens (including phenoxy) is 1. The average Bonchev–Trinajstić information content (AvgIpc) is 3.09. The first-order chi connectivity index (χ1) is 12.5. The van der Waals surface area contributed by atoms with Crippen LogP contribution in [0.15, 0.2) is 12.2 Å². The smallest absolute Gasteiger partial charge is 0.331 e. The third-order valence-electron chi connectivity index (χ3n) is 5.21. The summed E-state index contributed by atoms with van der Waals surface area (Å²) >= 11 is 0. The van der Waals surface area contributed by atoms with Crippen LogP contribution in [-0.2, 0) is 19.1 Å².